The van der Waals surface area contributed by atoms with E-state index in [1.54, 1.807) is 7.11 Å². The minimum Gasteiger partial charge on any atom is -0.497 e. The van der Waals surface area contributed by atoms with Crippen molar-refractivity contribution in [3.8, 4) is 5.75 Å². The van der Waals surface area contributed by atoms with Gasteiger partial charge in [-0.1, -0.05) is 6.07 Å². The van der Waals surface area contributed by atoms with Gasteiger partial charge in [0.05, 0.1) is 13.7 Å². The lowest BCUT2D eigenvalue weighted by atomic mass is 10.2. The fourth-order valence-electron chi connectivity index (χ4n) is 2.07. The fraction of sp³-hybridized carbons (Fsp3) is 0.462. The quantitative estimate of drug-likeness (QED) is 0.791. The number of carbonyl (C=O) groups excluding carboxylic acids is 1. The Balaban J connectivity index is 2.10. The van der Waals surface area contributed by atoms with Crippen molar-refractivity contribution < 1.29 is 9.53 Å². The summed E-state index contributed by atoms with van der Waals surface area (Å²) in [4.78, 5) is 15.8. The maximum atomic E-state index is 11.8. The molecule has 1 amide bonds. The number of carbonyl (C=O) groups is 1. The molecule has 17 heavy (non-hydrogen) atoms. The van der Waals surface area contributed by atoms with Gasteiger partial charge in [0.15, 0.2) is 0 Å². The zero-order valence-electron chi connectivity index (χ0n) is 10.3. The summed E-state index contributed by atoms with van der Waals surface area (Å²) >= 11 is 0. The van der Waals surface area contributed by atoms with Crippen LogP contribution in [0.1, 0.15) is 6.92 Å². The maximum absolute atomic E-state index is 11.8. The summed E-state index contributed by atoms with van der Waals surface area (Å²) in [5.41, 5.74) is 1.05. The molecule has 1 aliphatic heterocycles. The molecule has 0 spiro atoms. The van der Waals surface area contributed by atoms with Crippen molar-refractivity contribution in [1.82, 2.24) is 4.90 Å². The van der Waals surface area contributed by atoms with Crippen LogP contribution in [0, 0.1) is 0 Å². The monoisotopic (exact) mass is 234 g/mol. The number of ether oxygens (including phenoxy) is 1. The molecule has 0 unspecified atom stereocenters. The fourth-order valence-corrected chi connectivity index (χ4v) is 2.07. The summed E-state index contributed by atoms with van der Waals surface area (Å²) < 4.78 is 5.19. The lowest BCUT2D eigenvalue weighted by Gasteiger charge is -2.35. The molecule has 1 aromatic carbocycles. The normalized spacial score (nSPS) is 16.2. The van der Waals surface area contributed by atoms with Gasteiger partial charge in [0, 0.05) is 31.4 Å². The highest BCUT2D eigenvalue weighted by atomic mass is 16.5. The van der Waals surface area contributed by atoms with Gasteiger partial charge in [0.25, 0.3) is 0 Å². The molecule has 1 aromatic rings. The van der Waals surface area contributed by atoms with Crippen LogP contribution in [0.5, 0.6) is 5.75 Å². The molecule has 0 aliphatic carbocycles. The van der Waals surface area contributed by atoms with Gasteiger partial charge in [-0.2, -0.15) is 0 Å². The van der Waals surface area contributed by atoms with Gasteiger partial charge in [-0.25, -0.2) is 0 Å². The molecular weight excluding hydrogens is 216 g/mol. The Hall–Kier alpha value is -1.71. The van der Waals surface area contributed by atoms with Gasteiger partial charge in [-0.15, -0.1) is 0 Å². The molecule has 2 rings (SSSR count). The van der Waals surface area contributed by atoms with Crippen LogP contribution in [0.15, 0.2) is 24.3 Å². The SMILES string of the molecule is CCN1CCN(c2cccc(OC)c2)CC1=O. The molecular formula is C13H18N2O2. The molecule has 0 atom stereocenters. The van der Waals surface area contributed by atoms with Crippen molar-refractivity contribution in [2.75, 3.05) is 38.2 Å². The zero-order chi connectivity index (χ0) is 12.3. The highest BCUT2D eigenvalue weighted by Gasteiger charge is 2.22. The van der Waals surface area contributed by atoms with E-state index in [2.05, 4.69) is 4.90 Å². The van der Waals surface area contributed by atoms with E-state index in [9.17, 15) is 4.79 Å². The molecule has 1 heterocycles. The molecule has 4 heteroatoms. The van der Waals surface area contributed by atoms with Crippen molar-refractivity contribution >= 4 is 11.6 Å². The lowest BCUT2D eigenvalue weighted by molar-refractivity contribution is -0.130. The highest BCUT2D eigenvalue weighted by Crippen LogP contribution is 2.22. The summed E-state index contributed by atoms with van der Waals surface area (Å²) in [6.45, 7) is 4.95. The van der Waals surface area contributed by atoms with Crippen molar-refractivity contribution in [3.05, 3.63) is 24.3 Å². The Morgan fingerprint density at radius 3 is 2.82 bits per heavy atom. The number of likely N-dealkylation sites (N-methyl/N-ethyl adjacent to an activating group) is 1. The summed E-state index contributed by atoms with van der Waals surface area (Å²) in [6.07, 6.45) is 0. The molecule has 0 N–H and O–H groups in total. The average molecular weight is 234 g/mol. The van der Waals surface area contributed by atoms with Gasteiger partial charge < -0.3 is 14.5 Å². The molecule has 4 nitrogen and oxygen atoms in total. The zero-order valence-corrected chi connectivity index (χ0v) is 10.3. The van der Waals surface area contributed by atoms with Crippen molar-refractivity contribution in [2.45, 2.75) is 6.92 Å². The topological polar surface area (TPSA) is 32.8 Å². The molecule has 0 saturated carbocycles. The molecule has 1 aliphatic rings. The number of piperazine rings is 1. The van der Waals surface area contributed by atoms with Crippen molar-refractivity contribution in [1.29, 1.82) is 0 Å². The second-order valence-corrected chi connectivity index (χ2v) is 4.10. The van der Waals surface area contributed by atoms with Crippen molar-refractivity contribution in [3.63, 3.8) is 0 Å². The average Bonchev–Trinajstić information content (AvgIpc) is 2.38. The van der Waals surface area contributed by atoms with Gasteiger partial charge in [0.1, 0.15) is 5.75 Å². The van der Waals surface area contributed by atoms with Crippen LogP contribution in [-0.4, -0.2) is 44.1 Å². The Morgan fingerprint density at radius 1 is 1.35 bits per heavy atom. The van der Waals surface area contributed by atoms with Gasteiger partial charge in [0.2, 0.25) is 5.91 Å². The summed E-state index contributed by atoms with van der Waals surface area (Å²) in [6, 6.07) is 7.84. The van der Waals surface area contributed by atoms with Gasteiger partial charge in [-0.05, 0) is 19.1 Å². The number of hydrogen-bond acceptors (Lipinski definition) is 3. The smallest absolute Gasteiger partial charge is 0.242 e. The number of rotatable bonds is 3. The minimum atomic E-state index is 0.196. The van der Waals surface area contributed by atoms with E-state index in [4.69, 9.17) is 4.74 Å². The Morgan fingerprint density at radius 2 is 2.18 bits per heavy atom. The maximum Gasteiger partial charge on any atom is 0.242 e. The van der Waals surface area contributed by atoms with E-state index in [0.717, 1.165) is 31.1 Å². The van der Waals surface area contributed by atoms with Crippen LogP contribution < -0.4 is 9.64 Å². The number of amides is 1. The van der Waals surface area contributed by atoms with E-state index in [0.29, 0.717) is 6.54 Å². The van der Waals surface area contributed by atoms with E-state index < -0.39 is 0 Å². The largest absolute Gasteiger partial charge is 0.497 e. The van der Waals surface area contributed by atoms with Crippen LogP contribution in [0.4, 0.5) is 5.69 Å². The first-order chi connectivity index (χ1) is 8.24. The van der Waals surface area contributed by atoms with E-state index >= 15 is 0 Å². The number of anilines is 1. The Bertz CT molecular complexity index is 406. The molecule has 0 radical (unpaired) electrons. The second-order valence-electron chi connectivity index (χ2n) is 4.10. The molecule has 0 bridgehead atoms. The van der Waals surface area contributed by atoms with Gasteiger partial charge >= 0.3 is 0 Å². The Labute approximate surface area is 102 Å². The minimum absolute atomic E-state index is 0.196. The first-order valence-corrected chi connectivity index (χ1v) is 5.91. The predicted molar refractivity (Wildman–Crippen MR) is 67.5 cm³/mol. The Kier molecular flexibility index (Phi) is 3.52. The number of benzene rings is 1. The molecule has 0 aromatic heterocycles. The van der Waals surface area contributed by atoms with Crippen molar-refractivity contribution in [2.24, 2.45) is 0 Å². The third-order valence-corrected chi connectivity index (χ3v) is 3.12. The summed E-state index contributed by atoms with van der Waals surface area (Å²) in [7, 11) is 1.65. The number of methoxy groups -OCH3 is 1. The molecule has 1 saturated heterocycles. The molecule has 92 valence electrons. The first-order valence-electron chi connectivity index (χ1n) is 5.91. The van der Waals surface area contributed by atoms with E-state index in [1.807, 2.05) is 36.1 Å². The lowest BCUT2D eigenvalue weighted by Crippen LogP contribution is -2.50. The van der Waals surface area contributed by atoms with Crippen LogP contribution in [-0.2, 0) is 4.79 Å². The summed E-state index contributed by atoms with van der Waals surface area (Å²) in [5, 5.41) is 0. The second kappa shape index (κ2) is 5.08. The van der Waals surface area contributed by atoms with Crippen LogP contribution >= 0.6 is 0 Å². The van der Waals surface area contributed by atoms with Gasteiger partial charge in [-0.3, -0.25) is 4.79 Å². The third kappa shape index (κ3) is 2.52. The summed E-state index contributed by atoms with van der Waals surface area (Å²) in [5.74, 6) is 1.02. The predicted octanol–water partition coefficient (Wildman–Crippen LogP) is 1.36. The standard InChI is InChI=1S/C13H18N2O2/c1-3-14-7-8-15(10-13(14)16)11-5-4-6-12(9-11)17-2/h4-6,9H,3,7-8,10H2,1-2H3. The van der Waals surface area contributed by atoms with Crippen LogP contribution in [0.3, 0.4) is 0 Å². The first kappa shape index (κ1) is 11.8. The van der Waals surface area contributed by atoms with Crippen LogP contribution in [0.25, 0.3) is 0 Å². The highest BCUT2D eigenvalue weighted by molar-refractivity contribution is 5.82. The van der Waals surface area contributed by atoms with Crippen LogP contribution in [0.2, 0.25) is 0 Å². The van der Waals surface area contributed by atoms with E-state index in [1.165, 1.54) is 0 Å². The van der Waals surface area contributed by atoms with E-state index in [-0.39, 0.29) is 5.91 Å². The third-order valence-electron chi connectivity index (χ3n) is 3.12. The molecule has 1 fully saturated rings. The number of nitrogens with zero attached hydrogens (tertiary/aromatic N) is 2. The number of hydrogen-bond donors (Lipinski definition) is 0.